The third kappa shape index (κ3) is 4.89. The van der Waals surface area contributed by atoms with Gasteiger partial charge >= 0.3 is 0 Å². The van der Waals surface area contributed by atoms with Crippen LogP contribution in [0, 0.1) is 0 Å². The molecule has 0 fully saturated rings. The summed E-state index contributed by atoms with van der Waals surface area (Å²) in [5, 5.41) is 2.35. The first kappa shape index (κ1) is 15.5. The normalized spacial score (nSPS) is 12.4. The fraction of sp³-hybridized carbons (Fsp3) is 0.176. The predicted octanol–water partition coefficient (Wildman–Crippen LogP) is 6.29. The smallest absolute Gasteiger partial charge is 0.0869 e. The van der Waals surface area contributed by atoms with Gasteiger partial charge in [0.2, 0.25) is 0 Å². The number of benzene rings is 2. The first-order valence-corrected chi connectivity index (χ1v) is 11.9. The zero-order valence-corrected chi connectivity index (χ0v) is 14.8. The van der Waals surface area contributed by atoms with E-state index < -0.39 is 8.07 Å². The average molecular weight is 317 g/mol. The summed E-state index contributed by atoms with van der Waals surface area (Å²) in [6.45, 7) is 7.21. The molecular weight excluding hydrogens is 296 g/mol. The Hall–Kier alpha value is -0.903. The number of rotatable bonds is 5. The molecule has 0 bridgehead atoms. The summed E-state index contributed by atoms with van der Waals surface area (Å²) in [5.74, 6) is 0. The van der Waals surface area contributed by atoms with E-state index in [0.29, 0.717) is 0 Å². The maximum absolute atomic E-state index is 2.40. The van der Waals surface area contributed by atoms with E-state index in [4.69, 9.17) is 0 Å². The molecule has 0 amide bonds. The second kappa shape index (κ2) is 7.20. The van der Waals surface area contributed by atoms with E-state index in [1.54, 1.807) is 0 Å². The molecule has 0 aliphatic rings. The molecule has 0 radical (unpaired) electrons. The molecule has 2 rings (SSSR count). The lowest BCUT2D eigenvalue weighted by Crippen LogP contribution is -2.21. The highest BCUT2D eigenvalue weighted by atomic mass is 32.2. The summed E-state index contributed by atoms with van der Waals surface area (Å²) in [4.78, 5) is 2.63. The van der Waals surface area contributed by atoms with Crippen LogP contribution in [0.4, 0.5) is 0 Å². The number of thioether (sulfide) groups is 2. The van der Waals surface area contributed by atoms with Gasteiger partial charge in [-0.1, -0.05) is 79.6 Å². The maximum atomic E-state index is 2.40. The van der Waals surface area contributed by atoms with E-state index in [2.05, 4.69) is 85.7 Å². The van der Waals surface area contributed by atoms with Crippen LogP contribution in [0.1, 0.15) is 0 Å². The van der Waals surface area contributed by atoms with Gasteiger partial charge in [-0.2, -0.15) is 0 Å². The Balaban J connectivity index is 2.16. The molecule has 2 aromatic rings. The van der Waals surface area contributed by atoms with Gasteiger partial charge in [0.1, 0.15) is 0 Å². The number of hydrogen-bond acceptors (Lipinski definition) is 2. The van der Waals surface area contributed by atoms with Gasteiger partial charge in [0.05, 0.1) is 8.07 Å². The van der Waals surface area contributed by atoms with Gasteiger partial charge in [-0.25, -0.2) is 0 Å². The minimum absolute atomic E-state index is 1.30. The molecule has 0 saturated heterocycles. The van der Waals surface area contributed by atoms with Crippen molar-refractivity contribution in [1.82, 2.24) is 0 Å². The Labute approximate surface area is 131 Å². The number of hydrogen-bond donors (Lipinski definition) is 0. The van der Waals surface area contributed by atoms with Crippen molar-refractivity contribution in [3.8, 4) is 0 Å². The summed E-state index contributed by atoms with van der Waals surface area (Å²) in [6, 6.07) is 21.2. The van der Waals surface area contributed by atoms with E-state index >= 15 is 0 Å². The van der Waals surface area contributed by atoms with Gasteiger partial charge in [-0.3, -0.25) is 0 Å². The summed E-state index contributed by atoms with van der Waals surface area (Å²) >= 11 is 3.74. The topological polar surface area (TPSA) is 0 Å². The van der Waals surface area contributed by atoms with Crippen molar-refractivity contribution in [2.45, 2.75) is 29.4 Å². The molecule has 0 aliphatic heterocycles. The van der Waals surface area contributed by atoms with Crippen LogP contribution in [-0.2, 0) is 0 Å². The highest BCUT2D eigenvalue weighted by molar-refractivity contribution is 8.07. The zero-order chi connectivity index (χ0) is 14.4. The van der Waals surface area contributed by atoms with Gasteiger partial charge in [0, 0.05) is 9.79 Å². The van der Waals surface area contributed by atoms with Crippen molar-refractivity contribution in [1.29, 1.82) is 0 Å². The van der Waals surface area contributed by atoms with Crippen molar-refractivity contribution >= 4 is 31.6 Å². The van der Waals surface area contributed by atoms with Crippen molar-refractivity contribution in [3.63, 3.8) is 0 Å². The Bertz CT molecular complexity index is 557. The van der Waals surface area contributed by atoms with Crippen LogP contribution < -0.4 is 0 Å². The Kier molecular flexibility index (Phi) is 5.58. The molecule has 20 heavy (non-hydrogen) atoms. The molecule has 104 valence electrons. The first-order valence-electron chi connectivity index (χ1n) is 6.71. The van der Waals surface area contributed by atoms with E-state index in [1.165, 1.54) is 14.3 Å². The van der Waals surface area contributed by atoms with Crippen LogP contribution in [0.5, 0.6) is 0 Å². The molecule has 0 spiro atoms. The molecule has 0 heterocycles. The van der Waals surface area contributed by atoms with E-state index in [1.807, 2.05) is 23.5 Å². The van der Waals surface area contributed by atoms with Crippen LogP contribution in [0.25, 0.3) is 0 Å². The van der Waals surface area contributed by atoms with E-state index in [0.717, 1.165) is 0 Å². The zero-order valence-electron chi connectivity index (χ0n) is 12.2. The lowest BCUT2D eigenvalue weighted by atomic mass is 10.4. The van der Waals surface area contributed by atoms with Gasteiger partial charge in [0.15, 0.2) is 0 Å². The van der Waals surface area contributed by atoms with Gasteiger partial charge in [0.25, 0.3) is 0 Å². The lowest BCUT2D eigenvalue weighted by Gasteiger charge is -2.20. The highest BCUT2D eigenvalue weighted by Gasteiger charge is 2.20. The molecule has 0 saturated carbocycles. The van der Waals surface area contributed by atoms with Gasteiger partial charge in [-0.05, 0) is 34.2 Å². The predicted molar refractivity (Wildman–Crippen MR) is 96.0 cm³/mol. The lowest BCUT2D eigenvalue weighted by molar-refractivity contribution is 1.47. The third-order valence-corrected chi connectivity index (χ3v) is 8.62. The van der Waals surface area contributed by atoms with Crippen LogP contribution in [0.2, 0.25) is 19.6 Å². The van der Waals surface area contributed by atoms with Gasteiger partial charge in [-0.15, -0.1) is 0 Å². The van der Waals surface area contributed by atoms with Crippen molar-refractivity contribution in [2.24, 2.45) is 0 Å². The quantitative estimate of drug-likeness (QED) is 0.469. The SMILES string of the molecule is C[Si](C)(C)C(=CSc1ccccc1)Sc1ccccc1. The Morgan fingerprint density at radius 2 is 1.30 bits per heavy atom. The largest absolute Gasteiger partial charge is 0.0986 e. The van der Waals surface area contributed by atoms with Crippen LogP contribution in [0.15, 0.2) is 80.4 Å². The Morgan fingerprint density at radius 3 is 1.80 bits per heavy atom. The van der Waals surface area contributed by atoms with E-state index in [9.17, 15) is 0 Å². The third-order valence-electron chi connectivity index (χ3n) is 2.76. The fourth-order valence-electron chi connectivity index (χ4n) is 1.59. The van der Waals surface area contributed by atoms with Crippen molar-refractivity contribution < 1.29 is 0 Å². The molecule has 0 unspecified atom stereocenters. The minimum Gasteiger partial charge on any atom is -0.0986 e. The molecule has 3 heteroatoms. The second-order valence-corrected chi connectivity index (χ2v) is 13.0. The molecule has 0 nitrogen and oxygen atoms in total. The molecule has 0 N–H and O–H groups in total. The monoisotopic (exact) mass is 316 g/mol. The van der Waals surface area contributed by atoms with Crippen molar-refractivity contribution in [2.75, 3.05) is 0 Å². The molecular formula is C17H20S2Si. The maximum Gasteiger partial charge on any atom is 0.0869 e. The first-order chi connectivity index (χ1) is 9.55. The van der Waals surface area contributed by atoms with Crippen LogP contribution in [0.3, 0.4) is 0 Å². The van der Waals surface area contributed by atoms with Crippen LogP contribution in [-0.4, -0.2) is 8.07 Å². The standard InChI is InChI=1S/C17H20S2Si/c1-20(2,3)17(19-16-12-8-5-9-13-16)14-18-15-10-6-4-7-11-15/h4-14H,1-3H3. The minimum atomic E-state index is -1.32. The van der Waals surface area contributed by atoms with Crippen molar-refractivity contribution in [3.05, 3.63) is 70.6 Å². The summed E-state index contributed by atoms with van der Waals surface area (Å²) in [7, 11) is -1.32. The summed E-state index contributed by atoms with van der Waals surface area (Å²) in [5.41, 5.74) is 0. The molecule has 0 aliphatic carbocycles. The summed E-state index contributed by atoms with van der Waals surface area (Å²) < 4.78 is 1.53. The Morgan fingerprint density at radius 1 is 0.800 bits per heavy atom. The van der Waals surface area contributed by atoms with E-state index in [-0.39, 0.29) is 0 Å². The molecule has 2 aromatic carbocycles. The summed E-state index contributed by atoms with van der Waals surface area (Å²) in [6.07, 6.45) is 0. The highest BCUT2D eigenvalue weighted by Crippen LogP contribution is 2.36. The second-order valence-electron chi connectivity index (χ2n) is 5.58. The fourth-order valence-corrected chi connectivity index (χ4v) is 6.20. The van der Waals surface area contributed by atoms with Gasteiger partial charge < -0.3 is 0 Å². The average Bonchev–Trinajstić information content (AvgIpc) is 2.44. The van der Waals surface area contributed by atoms with Crippen LogP contribution >= 0.6 is 23.5 Å². The molecule has 0 aromatic heterocycles. The molecule has 0 atom stereocenters.